The van der Waals surface area contributed by atoms with E-state index in [4.69, 9.17) is 9.73 Å². The third-order valence-corrected chi connectivity index (χ3v) is 4.51. The van der Waals surface area contributed by atoms with Crippen LogP contribution in [0.3, 0.4) is 0 Å². The van der Waals surface area contributed by atoms with E-state index in [1.807, 2.05) is 30.6 Å². The molecule has 21 heavy (non-hydrogen) atoms. The standard InChI is InChI=1S/C18H18N2O/c1-12-7-8-14-15(12)9-19-10-16(14)18-20-17(11-21-18)13-5-3-2-4-6-13/h2-6,9-10,12,17H,7-8,11H2,1H3/t12-,17+/m1/s1. The highest BCUT2D eigenvalue weighted by Crippen LogP contribution is 2.35. The summed E-state index contributed by atoms with van der Waals surface area (Å²) in [7, 11) is 0. The van der Waals surface area contributed by atoms with Gasteiger partial charge >= 0.3 is 0 Å². The Hall–Kier alpha value is -2.16. The molecule has 1 aromatic carbocycles. The van der Waals surface area contributed by atoms with Crippen molar-refractivity contribution >= 4 is 5.90 Å². The molecule has 1 aromatic heterocycles. The molecule has 1 aliphatic heterocycles. The van der Waals surface area contributed by atoms with Gasteiger partial charge in [-0.05, 0) is 35.4 Å². The fourth-order valence-corrected chi connectivity index (χ4v) is 3.27. The maximum absolute atomic E-state index is 5.88. The van der Waals surface area contributed by atoms with Crippen molar-refractivity contribution in [1.29, 1.82) is 0 Å². The topological polar surface area (TPSA) is 34.5 Å². The maximum atomic E-state index is 5.88. The van der Waals surface area contributed by atoms with Crippen LogP contribution in [0.25, 0.3) is 0 Å². The normalized spacial score (nSPS) is 23.6. The fourth-order valence-electron chi connectivity index (χ4n) is 3.27. The van der Waals surface area contributed by atoms with Gasteiger partial charge in [0.2, 0.25) is 5.90 Å². The molecule has 0 saturated heterocycles. The number of aliphatic imine (C=N–C) groups is 1. The highest BCUT2D eigenvalue weighted by Gasteiger charge is 2.28. The first-order valence-electron chi connectivity index (χ1n) is 7.55. The third kappa shape index (κ3) is 2.13. The molecule has 0 bridgehead atoms. The van der Waals surface area contributed by atoms with Crippen LogP contribution in [0.15, 0.2) is 47.7 Å². The highest BCUT2D eigenvalue weighted by atomic mass is 16.5. The molecule has 0 spiro atoms. The van der Waals surface area contributed by atoms with Crippen molar-refractivity contribution in [3.8, 4) is 0 Å². The number of aromatic nitrogens is 1. The molecule has 0 saturated carbocycles. The zero-order valence-electron chi connectivity index (χ0n) is 12.1. The Morgan fingerprint density at radius 3 is 2.86 bits per heavy atom. The van der Waals surface area contributed by atoms with Gasteiger partial charge in [-0.15, -0.1) is 0 Å². The molecule has 2 heterocycles. The van der Waals surface area contributed by atoms with Gasteiger partial charge in [0.1, 0.15) is 12.6 Å². The van der Waals surface area contributed by atoms with Gasteiger partial charge in [0.05, 0.1) is 5.56 Å². The van der Waals surface area contributed by atoms with Crippen molar-refractivity contribution in [2.45, 2.75) is 31.7 Å². The average molecular weight is 278 g/mol. The van der Waals surface area contributed by atoms with Gasteiger partial charge in [0, 0.05) is 12.4 Å². The summed E-state index contributed by atoms with van der Waals surface area (Å²) in [5.74, 6) is 1.36. The third-order valence-electron chi connectivity index (χ3n) is 4.51. The van der Waals surface area contributed by atoms with Crippen molar-refractivity contribution in [2.75, 3.05) is 6.61 Å². The minimum Gasteiger partial charge on any atom is -0.475 e. The molecule has 2 aliphatic rings. The number of fused-ring (bicyclic) bond motifs is 1. The van der Waals surface area contributed by atoms with Crippen LogP contribution in [0.4, 0.5) is 0 Å². The number of hydrogen-bond donors (Lipinski definition) is 0. The number of hydrogen-bond acceptors (Lipinski definition) is 3. The van der Waals surface area contributed by atoms with Gasteiger partial charge in [0.25, 0.3) is 0 Å². The van der Waals surface area contributed by atoms with Gasteiger partial charge in [-0.3, -0.25) is 4.98 Å². The summed E-state index contributed by atoms with van der Waals surface area (Å²) in [6.07, 6.45) is 6.21. The van der Waals surface area contributed by atoms with Crippen LogP contribution in [0, 0.1) is 0 Å². The molecule has 1 aliphatic carbocycles. The van der Waals surface area contributed by atoms with Gasteiger partial charge in [-0.1, -0.05) is 37.3 Å². The Morgan fingerprint density at radius 1 is 1.14 bits per heavy atom. The lowest BCUT2D eigenvalue weighted by Gasteiger charge is -2.08. The molecule has 0 fully saturated rings. The van der Waals surface area contributed by atoms with Gasteiger partial charge < -0.3 is 4.74 Å². The fraction of sp³-hybridized carbons (Fsp3) is 0.333. The van der Waals surface area contributed by atoms with E-state index in [1.54, 1.807) is 0 Å². The Kier molecular flexibility index (Phi) is 2.99. The molecule has 3 nitrogen and oxygen atoms in total. The summed E-state index contributed by atoms with van der Waals surface area (Å²) in [6.45, 7) is 2.89. The Bertz CT molecular complexity index is 694. The van der Waals surface area contributed by atoms with E-state index in [0.717, 1.165) is 17.9 Å². The minimum atomic E-state index is 0.107. The SMILES string of the molecule is C[C@@H]1CCc2c(C3=N[C@H](c4ccccc4)CO3)cncc21. The lowest BCUT2D eigenvalue weighted by molar-refractivity contribution is 0.319. The quantitative estimate of drug-likeness (QED) is 0.840. The second-order valence-corrected chi connectivity index (χ2v) is 5.87. The molecular weight excluding hydrogens is 260 g/mol. The molecule has 106 valence electrons. The first kappa shape index (κ1) is 12.6. The van der Waals surface area contributed by atoms with E-state index in [9.17, 15) is 0 Å². The number of ether oxygens (including phenoxy) is 1. The number of benzene rings is 1. The van der Waals surface area contributed by atoms with Crippen LogP contribution < -0.4 is 0 Å². The largest absolute Gasteiger partial charge is 0.475 e. The predicted octanol–water partition coefficient (Wildman–Crippen LogP) is 3.65. The summed E-state index contributed by atoms with van der Waals surface area (Å²) in [6, 6.07) is 10.4. The lowest BCUT2D eigenvalue weighted by atomic mass is 10.0. The Morgan fingerprint density at radius 2 is 2.00 bits per heavy atom. The summed E-state index contributed by atoms with van der Waals surface area (Å²) in [5, 5.41) is 0. The maximum Gasteiger partial charge on any atom is 0.218 e. The Labute approximate surface area is 124 Å². The van der Waals surface area contributed by atoms with Gasteiger partial charge in [-0.2, -0.15) is 0 Å². The van der Waals surface area contributed by atoms with E-state index in [2.05, 4.69) is 24.0 Å². The molecular formula is C18H18N2O. The molecule has 2 atom stereocenters. The van der Waals surface area contributed by atoms with E-state index in [1.165, 1.54) is 23.1 Å². The minimum absolute atomic E-state index is 0.107. The average Bonchev–Trinajstić information content (AvgIpc) is 3.16. The lowest BCUT2D eigenvalue weighted by Crippen LogP contribution is -2.06. The molecule has 2 aromatic rings. The smallest absolute Gasteiger partial charge is 0.218 e. The van der Waals surface area contributed by atoms with Crippen molar-refractivity contribution in [1.82, 2.24) is 4.98 Å². The number of pyridine rings is 1. The first-order chi connectivity index (χ1) is 10.3. The number of rotatable bonds is 2. The van der Waals surface area contributed by atoms with E-state index in [0.29, 0.717) is 12.5 Å². The zero-order chi connectivity index (χ0) is 14.2. The molecule has 0 radical (unpaired) electrons. The Balaban J connectivity index is 1.70. The number of nitrogens with zero attached hydrogens (tertiary/aromatic N) is 2. The van der Waals surface area contributed by atoms with E-state index < -0.39 is 0 Å². The summed E-state index contributed by atoms with van der Waals surface area (Å²) in [4.78, 5) is 9.17. The molecule has 3 heteroatoms. The van der Waals surface area contributed by atoms with Crippen LogP contribution in [-0.2, 0) is 11.2 Å². The monoisotopic (exact) mass is 278 g/mol. The summed E-state index contributed by atoms with van der Waals surface area (Å²) in [5.41, 5.74) is 5.05. The summed E-state index contributed by atoms with van der Waals surface area (Å²) < 4.78 is 5.88. The first-order valence-corrected chi connectivity index (χ1v) is 7.55. The zero-order valence-corrected chi connectivity index (χ0v) is 12.1. The van der Waals surface area contributed by atoms with Crippen LogP contribution in [-0.4, -0.2) is 17.5 Å². The van der Waals surface area contributed by atoms with E-state index >= 15 is 0 Å². The molecule has 0 amide bonds. The van der Waals surface area contributed by atoms with Crippen molar-refractivity contribution in [3.63, 3.8) is 0 Å². The molecule has 4 rings (SSSR count). The second-order valence-electron chi connectivity index (χ2n) is 5.87. The van der Waals surface area contributed by atoms with Crippen molar-refractivity contribution in [3.05, 3.63) is 65.0 Å². The summed E-state index contributed by atoms with van der Waals surface area (Å²) >= 11 is 0. The van der Waals surface area contributed by atoms with E-state index in [-0.39, 0.29) is 6.04 Å². The molecule has 0 N–H and O–H groups in total. The second kappa shape index (κ2) is 4.99. The predicted molar refractivity (Wildman–Crippen MR) is 82.6 cm³/mol. The molecule has 0 unspecified atom stereocenters. The van der Waals surface area contributed by atoms with Crippen molar-refractivity contribution < 1.29 is 4.74 Å². The van der Waals surface area contributed by atoms with Gasteiger partial charge in [0.15, 0.2) is 0 Å². The van der Waals surface area contributed by atoms with Gasteiger partial charge in [-0.25, -0.2) is 4.99 Å². The van der Waals surface area contributed by atoms with Crippen LogP contribution in [0.1, 0.15) is 47.6 Å². The van der Waals surface area contributed by atoms with Crippen LogP contribution >= 0.6 is 0 Å². The highest BCUT2D eigenvalue weighted by molar-refractivity contribution is 5.96. The van der Waals surface area contributed by atoms with Crippen LogP contribution in [0.5, 0.6) is 0 Å². The van der Waals surface area contributed by atoms with Crippen molar-refractivity contribution in [2.24, 2.45) is 4.99 Å². The van der Waals surface area contributed by atoms with Crippen LogP contribution in [0.2, 0.25) is 0 Å².